The van der Waals surface area contributed by atoms with Crippen LogP contribution in [0.25, 0.3) is 0 Å². The van der Waals surface area contributed by atoms with Crippen LogP contribution < -0.4 is 5.32 Å². The van der Waals surface area contributed by atoms with Gasteiger partial charge in [0.2, 0.25) is 5.91 Å². The monoisotopic (exact) mass is 520 g/mol. The van der Waals surface area contributed by atoms with E-state index < -0.39 is 6.03 Å². The molecule has 3 amide bonds. The minimum absolute atomic E-state index is 0.131. The van der Waals surface area contributed by atoms with Crippen LogP contribution in [-0.4, -0.2) is 47.5 Å². The van der Waals surface area contributed by atoms with Crippen molar-refractivity contribution in [3.8, 4) is 6.07 Å². The summed E-state index contributed by atoms with van der Waals surface area (Å²) in [5.41, 5.74) is 2.92. The average molecular weight is 521 g/mol. The number of hydrogen-bond donors (Lipinski definition) is 1. The van der Waals surface area contributed by atoms with E-state index in [0.29, 0.717) is 30.9 Å². The quantitative estimate of drug-likeness (QED) is 0.414. The number of amides is 3. The molecular weight excluding hydrogens is 491 g/mol. The second kappa shape index (κ2) is 12.5. The van der Waals surface area contributed by atoms with E-state index in [9.17, 15) is 14.0 Å². The number of carbonyl (C=O) groups is 2. The molecular formula is C28H29FN4O3S. The Morgan fingerprint density at radius 1 is 1.11 bits per heavy atom. The van der Waals surface area contributed by atoms with E-state index in [-0.39, 0.29) is 30.9 Å². The Hall–Kier alpha value is -3.74. The lowest BCUT2D eigenvalue weighted by Gasteiger charge is -2.29. The average Bonchev–Trinajstić information content (AvgIpc) is 3.56. The molecule has 1 unspecified atom stereocenters. The molecule has 37 heavy (non-hydrogen) atoms. The summed E-state index contributed by atoms with van der Waals surface area (Å²) < 4.78 is 19.2. The van der Waals surface area contributed by atoms with Crippen LogP contribution in [0.5, 0.6) is 0 Å². The van der Waals surface area contributed by atoms with Gasteiger partial charge in [0, 0.05) is 30.3 Å². The van der Waals surface area contributed by atoms with Gasteiger partial charge in [0.25, 0.3) is 0 Å². The molecule has 1 aromatic heterocycles. The molecule has 1 saturated heterocycles. The Bertz CT molecular complexity index is 1250. The number of ether oxygens (including phenoxy) is 1. The van der Waals surface area contributed by atoms with Crippen LogP contribution in [0.2, 0.25) is 0 Å². The minimum Gasteiger partial charge on any atom is -0.376 e. The van der Waals surface area contributed by atoms with E-state index in [1.54, 1.807) is 52.6 Å². The van der Waals surface area contributed by atoms with E-state index >= 15 is 0 Å². The lowest BCUT2D eigenvalue weighted by molar-refractivity contribution is -0.133. The number of hydrogen-bond acceptors (Lipinski definition) is 5. The van der Waals surface area contributed by atoms with Crippen molar-refractivity contribution in [1.29, 1.82) is 5.26 Å². The Morgan fingerprint density at radius 2 is 1.86 bits per heavy atom. The lowest BCUT2D eigenvalue weighted by Crippen LogP contribution is -2.46. The summed E-state index contributed by atoms with van der Waals surface area (Å²) in [4.78, 5) is 31.1. The Labute approximate surface area is 220 Å². The van der Waals surface area contributed by atoms with Crippen molar-refractivity contribution in [2.45, 2.75) is 39.0 Å². The fourth-order valence-corrected chi connectivity index (χ4v) is 5.05. The van der Waals surface area contributed by atoms with E-state index in [2.05, 4.69) is 11.4 Å². The number of halogens is 1. The molecule has 2 heterocycles. The highest BCUT2D eigenvalue weighted by Gasteiger charge is 2.27. The first-order valence-corrected chi connectivity index (χ1v) is 13.0. The van der Waals surface area contributed by atoms with Gasteiger partial charge < -0.3 is 19.9 Å². The van der Waals surface area contributed by atoms with Gasteiger partial charge in [0.1, 0.15) is 12.4 Å². The predicted octanol–water partition coefficient (Wildman–Crippen LogP) is 5.31. The largest absolute Gasteiger partial charge is 0.376 e. The zero-order valence-electron chi connectivity index (χ0n) is 20.7. The van der Waals surface area contributed by atoms with Crippen molar-refractivity contribution >= 4 is 29.0 Å². The van der Waals surface area contributed by atoms with Crippen LogP contribution in [0.15, 0.2) is 60.0 Å². The maximum Gasteiger partial charge on any atom is 0.322 e. The molecule has 9 heteroatoms. The van der Waals surface area contributed by atoms with Crippen molar-refractivity contribution < 1.29 is 18.7 Å². The Kier molecular flexibility index (Phi) is 8.88. The first kappa shape index (κ1) is 26.3. The number of anilines is 1. The van der Waals surface area contributed by atoms with Crippen molar-refractivity contribution in [1.82, 2.24) is 9.80 Å². The van der Waals surface area contributed by atoms with Crippen molar-refractivity contribution in [3.05, 3.63) is 87.4 Å². The molecule has 0 bridgehead atoms. The van der Waals surface area contributed by atoms with Gasteiger partial charge >= 0.3 is 6.03 Å². The van der Waals surface area contributed by atoms with Crippen LogP contribution >= 0.6 is 11.3 Å². The van der Waals surface area contributed by atoms with Gasteiger partial charge in [-0.25, -0.2) is 9.18 Å². The summed E-state index contributed by atoms with van der Waals surface area (Å²) in [5.74, 6) is -0.553. The number of benzene rings is 2. The topological polar surface area (TPSA) is 85.7 Å². The Morgan fingerprint density at radius 3 is 2.49 bits per heavy atom. The first-order valence-electron chi connectivity index (χ1n) is 12.1. The van der Waals surface area contributed by atoms with Gasteiger partial charge in [-0.05, 0) is 78.7 Å². The highest BCUT2D eigenvalue weighted by atomic mass is 32.1. The SMILES string of the molecule is Cc1ccsc1CN(Cc1ccc(F)cc1)C(=O)CN(CC1CCCO1)C(=O)Nc1ccc(C#N)cc1. The minimum atomic E-state index is -0.414. The van der Waals surface area contributed by atoms with Crippen LogP contribution in [-0.2, 0) is 22.6 Å². The molecule has 1 aliphatic heterocycles. The van der Waals surface area contributed by atoms with E-state index in [1.165, 1.54) is 17.0 Å². The molecule has 1 fully saturated rings. The maximum absolute atomic E-state index is 13.6. The molecule has 0 radical (unpaired) electrons. The number of nitrogens with zero attached hydrogens (tertiary/aromatic N) is 3. The Balaban J connectivity index is 1.52. The molecule has 0 saturated carbocycles. The van der Waals surface area contributed by atoms with Crippen molar-refractivity contribution in [2.75, 3.05) is 25.0 Å². The standard InChI is InChI=1S/C28H29FN4O3S/c1-20-12-14-37-26(20)18-32(16-22-4-8-23(29)9-5-22)27(34)19-33(17-25-3-2-13-36-25)28(35)31-24-10-6-21(15-30)7-11-24/h4-12,14,25H,2-3,13,16-19H2,1H3,(H,31,35). The number of nitrogens with one attached hydrogen (secondary N) is 1. The highest BCUT2D eigenvalue weighted by Crippen LogP contribution is 2.21. The summed E-state index contributed by atoms with van der Waals surface area (Å²) in [6.07, 6.45) is 1.60. The maximum atomic E-state index is 13.6. The zero-order chi connectivity index (χ0) is 26.2. The smallest absolute Gasteiger partial charge is 0.322 e. The second-order valence-electron chi connectivity index (χ2n) is 9.04. The number of aryl methyl sites for hydroxylation is 1. The molecule has 1 aliphatic rings. The van der Waals surface area contributed by atoms with Gasteiger partial charge in [-0.2, -0.15) is 5.26 Å². The molecule has 0 spiro atoms. The summed E-state index contributed by atoms with van der Waals surface area (Å²) in [6.45, 7) is 3.48. The van der Waals surface area contributed by atoms with Gasteiger partial charge in [-0.1, -0.05) is 12.1 Å². The molecule has 192 valence electrons. The fourth-order valence-electron chi connectivity index (χ4n) is 4.13. The summed E-state index contributed by atoms with van der Waals surface area (Å²) in [6, 6.07) is 16.3. The lowest BCUT2D eigenvalue weighted by atomic mass is 10.2. The highest BCUT2D eigenvalue weighted by molar-refractivity contribution is 7.10. The van der Waals surface area contributed by atoms with Gasteiger partial charge in [-0.3, -0.25) is 4.79 Å². The predicted molar refractivity (Wildman–Crippen MR) is 140 cm³/mol. The van der Waals surface area contributed by atoms with E-state index in [0.717, 1.165) is 28.8 Å². The molecule has 0 aliphatic carbocycles. The van der Waals surface area contributed by atoms with E-state index in [1.807, 2.05) is 18.4 Å². The second-order valence-corrected chi connectivity index (χ2v) is 10.0. The third-order valence-corrected chi connectivity index (χ3v) is 7.28. The molecule has 4 rings (SSSR count). The summed E-state index contributed by atoms with van der Waals surface area (Å²) >= 11 is 1.57. The van der Waals surface area contributed by atoms with Crippen LogP contribution in [0.3, 0.4) is 0 Å². The van der Waals surface area contributed by atoms with Crippen LogP contribution in [0.1, 0.15) is 34.4 Å². The van der Waals surface area contributed by atoms with Gasteiger partial charge in [-0.15, -0.1) is 11.3 Å². The molecule has 7 nitrogen and oxygen atoms in total. The fraction of sp³-hybridized carbons (Fsp3) is 0.321. The van der Waals surface area contributed by atoms with E-state index in [4.69, 9.17) is 10.00 Å². The number of urea groups is 1. The molecule has 3 aromatic rings. The van der Waals surface area contributed by atoms with Crippen LogP contribution in [0.4, 0.5) is 14.9 Å². The summed E-state index contributed by atoms with van der Waals surface area (Å²) in [5, 5.41) is 13.8. The van der Waals surface area contributed by atoms with Gasteiger partial charge in [0.15, 0.2) is 0 Å². The van der Waals surface area contributed by atoms with Gasteiger partial charge in [0.05, 0.1) is 24.3 Å². The van der Waals surface area contributed by atoms with Crippen LogP contribution in [0, 0.1) is 24.1 Å². The third-order valence-electron chi connectivity index (χ3n) is 6.27. The molecule has 1 atom stereocenters. The zero-order valence-corrected chi connectivity index (χ0v) is 21.5. The van der Waals surface area contributed by atoms with Crippen molar-refractivity contribution in [3.63, 3.8) is 0 Å². The number of carbonyl (C=O) groups excluding carboxylic acids is 2. The normalized spacial score (nSPS) is 14.7. The number of thiophene rings is 1. The third kappa shape index (κ3) is 7.38. The first-order chi connectivity index (χ1) is 17.9. The molecule has 1 N–H and O–H groups in total. The molecule has 2 aromatic carbocycles. The summed E-state index contributed by atoms with van der Waals surface area (Å²) in [7, 11) is 0. The number of nitriles is 1. The number of rotatable bonds is 9. The van der Waals surface area contributed by atoms with Crippen molar-refractivity contribution in [2.24, 2.45) is 0 Å².